The van der Waals surface area contributed by atoms with Crippen molar-refractivity contribution in [2.24, 2.45) is 0 Å². The Bertz CT molecular complexity index is 232. The van der Waals surface area contributed by atoms with Crippen LogP contribution in [0, 0.1) is 0 Å². The molecule has 0 fully saturated rings. The largest absolute Gasteiger partial charge is 0.354 e. The zero-order valence-electron chi connectivity index (χ0n) is 11.6. The van der Waals surface area contributed by atoms with Gasteiger partial charge in [-0.25, -0.2) is 0 Å². The van der Waals surface area contributed by atoms with Crippen molar-refractivity contribution < 1.29 is 9.59 Å². The number of carbonyl (C=O) groups excluding carboxylic acids is 2. The Hall–Kier alpha value is -0.360. The predicted molar refractivity (Wildman–Crippen MR) is 80.7 cm³/mol. The van der Waals surface area contributed by atoms with E-state index in [1.807, 2.05) is 27.7 Å². The number of amides is 2. The first-order valence-electron chi connectivity index (χ1n) is 6.25. The molecule has 0 aromatic heterocycles. The van der Waals surface area contributed by atoms with E-state index in [9.17, 15) is 9.59 Å². The lowest BCUT2D eigenvalue weighted by Crippen LogP contribution is -2.31. The number of hydrogen-bond donors (Lipinski definition) is 2. The van der Waals surface area contributed by atoms with E-state index in [0.29, 0.717) is 12.2 Å². The standard InChI is InChI=1S/C12H24N2O2S2/c1-9(2)13-11(15)6-5-7-17-18-8-12(16)14-10(3)4/h9-10H,5-8H2,1-4H3,(H,13,15)(H,14,16). The van der Waals surface area contributed by atoms with Crippen molar-refractivity contribution in [2.45, 2.75) is 52.6 Å². The van der Waals surface area contributed by atoms with Crippen molar-refractivity contribution in [1.82, 2.24) is 10.6 Å². The summed E-state index contributed by atoms with van der Waals surface area (Å²) >= 11 is 0. The summed E-state index contributed by atoms with van der Waals surface area (Å²) in [7, 11) is 3.19. The molecule has 0 rings (SSSR count). The molecule has 6 heteroatoms. The molecule has 0 unspecified atom stereocenters. The highest BCUT2D eigenvalue weighted by atomic mass is 33.1. The lowest BCUT2D eigenvalue weighted by molar-refractivity contribution is -0.121. The maximum Gasteiger partial charge on any atom is 0.231 e. The molecule has 0 aliphatic rings. The average molecular weight is 292 g/mol. The van der Waals surface area contributed by atoms with Crippen LogP contribution >= 0.6 is 21.6 Å². The molecule has 2 N–H and O–H groups in total. The van der Waals surface area contributed by atoms with Crippen LogP contribution in [0.25, 0.3) is 0 Å². The monoisotopic (exact) mass is 292 g/mol. The maximum absolute atomic E-state index is 11.3. The summed E-state index contributed by atoms with van der Waals surface area (Å²) < 4.78 is 0. The van der Waals surface area contributed by atoms with Crippen LogP contribution in [-0.2, 0) is 9.59 Å². The second-order valence-electron chi connectivity index (χ2n) is 4.63. The Morgan fingerprint density at radius 3 is 2.06 bits per heavy atom. The molecule has 0 radical (unpaired) electrons. The Morgan fingerprint density at radius 2 is 1.50 bits per heavy atom. The molecule has 18 heavy (non-hydrogen) atoms. The molecular formula is C12H24N2O2S2. The van der Waals surface area contributed by atoms with E-state index in [-0.39, 0.29) is 23.9 Å². The summed E-state index contributed by atoms with van der Waals surface area (Å²) in [5.74, 6) is 1.54. The molecular weight excluding hydrogens is 268 g/mol. The van der Waals surface area contributed by atoms with E-state index < -0.39 is 0 Å². The molecule has 0 aliphatic carbocycles. The summed E-state index contributed by atoms with van der Waals surface area (Å²) in [6.45, 7) is 7.80. The van der Waals surface area contributed by atoms with Crippen LogP contribution in [0.4, 0.5) is 0 Å². The van der Waals surface area contributed by atoms with E-state index in [1.165, 1.54) is 0 Å². The van der Waals surface area contributed by atoms with E-state index in [2.05, 4.69) is 10.6 Å². The Kier molecular flexibility index (Phi) is 10.3. The molecule has 106 valence electrons. The van der Waals surface area contributed by atoms with Crippen LogP contribution < -0.4 is 10.6 Å². The van der Waals surface area contributed by atoms with Gasteiger partial charge in [-0.1, -0.05) is 21.6 Å². The fourth-order valence-electron chi connectivity index (χ4n) is 1.20. The maximum atomic E-state index is 11.3. The minimum Gasteiger partial charge on any atom is -0.354 e. The molecule has 0 bridgehead atoms. The highest BCUT2D eigenvalue weighted by Crippen LogP contribution is 2.22. The highest BCUT2D eigenvalue weighted by Gasteiger charge is 2.05. The van der Waals surface area contributed by atoms with Gasteiger partial charge in [-0.2, -0.15) is 0 Å². The van der Waals surface area contributed by atoms with Gasteiger partial charge in [-0.3, -0.25) is 9.59 Å². The van der Waals surface area contributed by atoms with E-state index in [0.717, 1.165) is 12.2 Å². The van der Waals surface area contributed by atoms with Crippen LogP contribution in [-0.4, -0.2) is 35.4 Å². The number of carbonyl (C=O) groups is 2. The lowest BCUT2D eigenvalue weighted by Gasteiger charge is -2.08. The van der Waals surface area contributed by atoms with Crippen LogP contribution in [0.2, 0.25) is 0 Å². The minimum atomic E-state index is 0.0695. The van der Waals surface area contributed by atoms with Crippen LogP contribution in [0.5, 0.6) is 0 Å². The molecule has 2 amide bonds. The van der Waals surface area contributed by atoms with Gasteiger partial charge in [0.1, 0.15) is 0 Å². The Morgan fingerprint density at radius 1 is 0.944 bits per heavy atom. The summed E-state index contributed by atoms with van der Waals surface area (Å²) in [5.41, 5.74) is 0. The first kappa shape index (κ1) is 17.6. The topological polar surface area (TPSA) is 58.2 Å². The van der Waals surface area contributed by atoms with Crippen molar-refractivity contribution >= 4 is 33.4 Å². The van der Waals surface area contributed by atoms with Crippen LogP contribution in [0.1, 0.15) is 40.5 Å². The van der Waals surface area contributed by atoms with Crippen LogP contribution in [0.3, 0.4) is 0 Å². The van der Waals surface area contributed by atoms with Gasteiger partial charge in [0.25, 0.3) is 0 Å². The first-order valence-corrected chi connectivity index (χ1v) is 8.73. The molecule has 0 saturated heterocycles. The zero-order valence-corrected chi connectivity index (χ0v) is 13.2. The number of hydrogen-bond acceptors (Lipinski definition) is 4. The summed E-state index contributed by atoms with van der Waals surface area (Å²) in [5, 5.41) is 5.69. The molecule has 0 aromatic rings. The summed E-state index contributed by atoms with van der Waals surface area (Å²) in [6, 6.07) is 0.405. The lowest BCUT2D eigenvalue weighted by atomic mass is 10.3. The molecule has 0 aliphatic heterocycles. The van der Waals surface area contributed by atoms with Crippen molar-refractivity contribution in [1.29, 1.82) is 0 Å². The van der Waals surface area contributed by atoms with E-state index in [4.69, 9.17) is 0 Å². The van der Waals surface area contributed by atoms with Gasteiger partial charge in [0.05, 0.1) is 5.75 Å². The first-order chi connectivity index (χ1) is 8.41. The molecule has 4 nitrogen and oxygen atoms in total. The van der Waals surface area contributed by atoms with Crippen LogP contribution in [0.15, 0.2) is 0 Å². The quantitative estimate of drug-likeness (QED) is 0.505. The van der Waals surface area contributed by atoms with Gasteiger partial charge in [0.15, 0.2) is 0 Å². The van der Waals surface area contributed by atoms with Gasteiger partial charge < -0.3 is 10.6 Å². The predicted octanol–water partition coefficient (Wildman–Crippen LogP) is 2.20. The zero-order chi connectivity index (χ0) is 14.0. The van der Waals surface area contributed by atoms with E-state index in [1.54, 1.807) is 21.6 Å². The third kappa shape index (κ3) is 12.1. The third-order valence-corrected chi connectivity index (χ3v) is 4.16. The summed E-state index contributed by atoms with van der Waals surface area (Å²) in [6.07, 6.45) is 1.41. The second-order valence-corrected chi connectivity index (χ2v) is 7.21. The van der Waals surface area contributed by atoms with Crippen molar-refractivity contribution in [3.05, 3.63) is 0 Å². The van der Waals surface area contributed by atoms with Gasteiger partial charge in [-0.15, -0.1) is 0 Å². The van der Waals surface area contributed by atoms with Crippen molar-refractivity contribution in [3.8, 4) is 0 Å². The highest BCUT2D eigenvalue weighted by molar-refractivity contribution is 8.76. The molecule has 0 atom stereocenters. The average Bonchev–Trinajstić information content (AvgIpc) is 2.20. The second kappa shape index (κ2) is 10.6. The van der Waals surface area contributed by atoms with Crippen molar-refractivity contribution in [2.75, 3.05) is 11.5 Å². The number of rotatable bonds is 9. The normalized spacial score (nSPS) is 10.8. The van der Waals surface area contributed by atoms with Gasteiger partial charge in [0.2, 0.25) is 11.8 Å². The number of nitrogens with one attached hydrogen (secondary N) is 2. The molecule has 0 aromatic carbocycles. The SMILES string of the molecule is CC(C)NC(=O)CCCSSCC(=O)NC(C)C. The van der Waals surface area contributed by atoms with Gasteiger partial charge in [0, 0.05) is 24.3 Å². The van der Waals surface area contributed by atoms with Crippen molar-refractivity contribution in [3.63, 3.8) is 0 Å². The smallest absolute Gasteiger partial charge is 0.231 e. The van der Waals surface area contributed by atoms with E-state index >= 15 is 0 Å². The third-order valence-electron chi connectivity index (χ3n) is 1.80. The Labute approximate surface area is 118 Å². The van der Waals surface area contributed by atoms with Gasteiger partial charge in [-0.05, 0) is 34.1 Å². The fraction of sp³-hybridized carbons (Fsp3) is 0.833. The Balaban J connectivity index is 3.36. The molecule has 0 spiro atoms. The minimum absolute atomic E-state index is 0.0695. The fourth-order valence-corrected chi connectivity index (χ4v) is 3.14. The molecule has 0 saturated carbocycles. The van der Waals surface area contributed by atoms with Gasteiger partial charge >= 0.3 is 0 Å². The summed E-state index contributed by atoms with van der Waals surface area (Å²) in [4.78, 5) is 22.6. The molecule has 0 heterocycles.